The number of ether oxygens (including phenoxy) is 1. The van der Waals surface area contributed by atoms with Crippen LogP contribution in [0.15, 0.2) is 54.7 Å². The van der Waals surface area contributed by atoms with Crippen molar-refractivity contribution in [3.63, 3.8) is 0 Å². The van der Waals surface area contributed by atoms with Crippen LogP contribution >= 0.6 is 22.9 Å². The van der Waals surface area contributed by atoms with Gasteiger partial charge in [0.15, 0.2) is 0 Å². The summed E-state index contributed by atoms with van der Waals surface area (Å²) in [6.07, 6.45) is 3.36. The Hall–Kier alpha value is -3.16. The third kappa shape index (κ3) is 3.34. The molecule has 0 aliphatic carbocycles. The lowest BCUT2D eigenvalue weighted by Crippen LogP contribution is -2.49. The number of fused-ring (bicyclic) bond motifs is 4. The molecule has 0 unspecified atom stereocenters. The molecular formula is C26H23ClN4O2S. The second kappa shape index (κ2) is 7.96. The van der Waals surface area contributed by atoms with Crippen LogP contribution in [0.2, 0.25) is 5.02 Å². The van der Waals surface area contributed by atoms with E-state index < -0.39 is 5.60 Å². The molecule has 8 heteroatoms. The van der Waals surface area contributed by atoms with E-state index in [4.69, 9.17) is 16.3 Å². The molecule has 2 aromatic carbocycles. The summed E-state index contributed by atoms with van der Waals surface area (Å²) < 4.78 is 8.54. The van der Waals surface area contributed by atoms with Gasteiger partial charge >= 0.3 is 0 Å². The molecule has 1 amide bonds. The quantitative estimate of drug-likeness (QED) is 0.362. The summed E-state index contributed by atoms with van der Waals surface area (Å²) in [5.41, 5.74) is 4.54. The number of carbonyl (C=O) groups excluding carboxylic acids is 1. The molecule has 4 heterocycles. The number of para-hydroxylation sites is 1. The normalized spacial score (nSPS) is 16.1. The molecule has 2 aliphatic rings. The molecule has 0 atom stereocenters. The van der Waals surface area contributed by atoms with E-state index in [0.717, 1.165) is 38.8 Å². The maximum Gasteiger partial charge on any atom is 0.265 e. The van der Waals surface area contributed by atoms with Gasteiger partial charge in [0.05, 0.1) is 17.6 Å². The number of amides is 1. The van der Waals surface area contributed by atoms with E-state index >= 15 is 0 Å². The number of aryl methyl sites for hydroxylation is 2. The molecule has 0 bridgehead atoms. The van der Waals surface area contributed by atoms with Gasteiger partial charge in [-0.2, -0.15) is 5.10 Å². The van der Waals surface area contributed by atoms with Crippen LogP contribution in [0.3, 0.4) is 0 Å². The largest absolute Gasteiger partial charge is 0.482 e. The maximum atomic E-state index is 13.5. The summed E-state index contributed by atoms with van der Waals surface area (Å²) in [7, 11) is 1.97. The number of thiazole rings is 1. The number of hydrogen-bond donors (Lipinski definition) is 0. The van der Waals surface area contributed by atoms with Crippen LogP contribution in [0.4, 0.5) is 0 Å². The number of aromatic nitrogens is 3. The number of halogens is 1. The van der Waals surface area contributed by atoms with Gasteiger partial charge in [-0.1, -0.05) is 35.9 Å². The van der Waals surface area contributed by atoms with Crippen LogP contribution in [-0.2, 0) is 12.6 Å². The average molecular weight is 491 g/mol. The fraction of sp³-hybridized carbons (Fsp3) is 0.269. The summed E-state index contributed by atoms with van der Waals surface area (Å²) in [6.45, 7) is 3.13. The molecule has 2 aromatic heterocycles. The Kier molecular flexibility index (Phi) is 5.00. The second-order valence-electron chi connectivity index (χ2n) is 8.86. The SMILES string of the molecule is Cc1nc(-c2ccc(Cl)cc2)sc1C(=O)N1CCC2(CC1)Oc1ccccc1-c1c2cnn1C. The highest BCUT2D eigenvalue weighted by molar-refractivity contribution is 7.17. The van der Waals surface area contributed by atoms with Crippen molar-refractivity contribution in [3.8, 4) is 27.6 Å². The maximum absolute atomic E-state index is 13.5. The smallest absolute Gasteiger partial charge is 0.265 e. The highest BCUT2D eigenvalue weighted by atomic mass is 35.5. The molecule has 1 fully saturated rings. The van der Waals surface area contributed by atoms with Crippen molar-refractivity contribution >= 4 is 28.8 Å². The summed E-state index contributed by atoms with van der Waals surface area (Å²) >= 11 is 7.46. The lowest BCUT2D eigenvalue weighted by Gasteiger charge is -2.44. The van der Waals surface area contributed by atoms with Crippen molar-refractivity contribution in [2.45, 2.75) is 25.4 Å². The molecule has 4 aromatic rings. The first-order valence-electron chi connectivity index (χ1n) is 11.3. The lowest BCUT2D eigenvalue weighted by atomic mass is 9.81. The third-order valence-electron chi connectivity index (χ3n) is 6.82. The Balaban J connectivity index is 1.25. The summed E-state index contributed by atoms with van der Waals surface area (Å²) in [6, 6.07) is 15.7. The highest BCUT2D eigenvalue weighted by Gasteiger charge is 2.46. The van der Waals surface area contributed by atoms with E-state index in [1.807, 2.05) is 72.2 Å². The van der Waals surface area contributed by atoms with Gasteiger partial charge in [0.25, 0.3) is 5.91 Å². The molecule has 1 spiro atoms. The first-order valence-corrected chi connectivity index (χ1v) is 12.5. The standard InChI is InChI=1S/C26H23ClN4O2S/c1-16-23(34-24(29-16)17-7-9-18(27)10-8-17)25(32)31-13-11-26(12-14-31)20-15-28-30(2)22(20)19-5-3-4-6-21(19)33-26/h3-10,15H,11-14H2,1-2H3. The van der Waals surface area contributed by atoms with Crippen molar-refractivity contribution in [2.24, 2.45) is 7.05 Å². The van der Waals surface area contributed by atoms with Gasteiger partial charge in [-0.25, -0.2) is 4.98 Å². The van der Waals surface area contributed by atoms with E-state index in [1.54, 1.807) is 0 Å². The van der Waals surface area contributed by atoms with E-state index in [-0.39, 0.29) is 5.91 Å². The Morgan fingerprint density at radius 2 is 1.85 bits per heavy atom. The number of piperidine rings is 1. The van der Waals surface area contributed by atoms with Crippen LogP contribution in [0.25, 0.3) is 21.8 Å². The zero-order chi connectivity index (χ0) is 23.4. The molecule has 6 rings (SSSR count). The van der Waals surface area contributed by atoms with Gasteiger partial charge < -0.3 is 9.64 Å². The van der Waals surface area contributed by atoms with Crippen molar-refractivity contribution in [1.82, 2.24) is 19.7 Å². The molecule has 0 N–H and O–H groups in total. The Morgan fingerprint density at radius 1 is 1.12 bits per heavy atom. The van der Waals surface area contributed by atoms with Gasteiger partial charge in [-0.05, 0) is 31.2 Å². The van der Waals surface area contributed by atoms with Crippen LogP contribution in [0.1, 0.15) is 33.8 Å². The van der Waals surface area contributed by atoms with E-state index in [0.29, 0.717) is 35.8 Å². The van der Waals surface area contributed by atoms with Gasteiger partial charge in [0.1, 0.15) is 21.2 Å². The molecular weight excluding hydrogens is 468 g/mol. The van der Waals surface area contributed by atoms with Crippen LogP contribution < -0.4 is 4.74 Å². The van der Waals surface area contributed by atoms with Crippen molar-refractivity contribution in [2.75, 3.05) is 13.1 Å². The molecule has 34 heavy (non-hydrogen) atoms. The van der Waals surface area contributed by atoms with Gasteiger partial charge in [0, 0.05) is 54.7 Å². The van der Waals surface area contributed by atoms with Crippen molar-refractivity contribution < 1.29 is 9.53 Å². The van der Waals surface area contributed by atoms with E-state index in [2.05, 4.69) is 16.1 Å². The fourth-order valence-electron chi connectivity index (χ4n) is 5.00. The number of carbonyl (C=O) groups is 1. The van der Waals surface area contributed by atoms with Gasteiger partial charge in [0.2, 0.25) is 0 Å². The minimum absolute atomic E-state index is 0.0349. The average Bonchev–Trinajstić information content (AvgIpc) is 3.43. The molecule has 172 valence electrons. The Morgan fingerprint density at radius 3 is 2.62 bits per heavy atom. The molecule has 1 saturated heterocycles. The Labute approximate surface area is 206 Å². The van der Waals surface area contributed by atoms with E-state index in [1.165, 1.54) is 11.3 Å². The molecule has 6 nitrogen and oxygen atoms in total. The number of likely N-dealkylation sites (tertiary alicyclic amines) is 1. The molecule has 0 radical (unpaired) electrons. The summed E-state index contributed by atoms with van der Waals surface area (Å²) in [4.78, 5) is 20.7. The van der Waals surface area contributed by atoms with Crippen molar-refractivity contribution in [3.05, 3.63) is 75.9 Å². The van der Waals surface area contributed by atoms with Crippen molar-refractivity contribution in [1.29, 1.82) is 0 Å². The van der Waals surface area contributed by atoms with Crippen LogP contribution in [0.5, 0.6) is 5.75 Å². The minimum atomic E-state index is -0.466. The van der Waals surface area contributed by atoms with E-state index in [9.17, 15) is 4.79 Å². The number of nitrogens with zero attached hydrogens (tertiary/aromatic N) is 4. The first kappa shape index (κ1) is 21.4. The summed E-state index contributed by atoms with van der Waals surface area (Å²) in [5, 5.41) is 6.05. The summed E-state index contributed by atoms with van der Waals surface area (Å²) in [5.74, 6) is 0.914. The second-order valence-corrected chi connectivity index (χ2v) is 10.3. The number of hydrogen-bond acceptors (Lipinski definition) is 5. The number of rotatable bonds is 2. The third-order valence-corrected chi connectivity index (χ3v) is 8.26. The van der Waals surface area contributed by atoms with Gasteiger partial charge in [-0.3, -0.25) is 9.48 Å². The lowest BCUT2D eigenvalue weighted by molar-refractivity contribution is -0.00160. The highest BCUT2D eigenvalue weighted by Crippen LogP contribution is 2.49. The molecule has 2 aliphatic heterocycles. The van der Waals surface area contributed by atoms with Crippen LogP contribution in [0, 0.1) is 6.92 Å². The predicted molar refractivity (Wildman–Crippen MR) is 133 cm³/mol. The molecule has 0 saturated carbocycles. The fourth-order valence-corrected chi connectivity index (χ4v) is 6.17. The first-order chi connectivity index (χ1) is 16.4. The van der Waals surface area contributed by atoms with Gasteiger partial charge in [-0.15, -0.1) is 11.3 Å². The Bertz CT molecular complexity index is 1400. The van der Waals surface area contributed by atoms with Crippen LogP contribution in [-0.4, -0.2) is 38.7 Å². The number of benzene rings is 2. The monoisotopic (exact) mass is 490 g/mol. The predicted octanol–water partition coefficient (Wildman–Crippen LogP) is 5.70. The zero-order valence-corrected chi connectivity index (χ0v) is 20.5. The minimum Gasteiger partial charge on any atom is -0.482 e. The topological polar surface area (TPSA) is 60.3 Å². The zero-order valence-electron chi connectivity index (χ0n) is 18.9.